The van der Waals surface area contributed by atoms with E-state index in [1.807, 2.05) is 60.0 Å². The molecule has 0 atom stereocenters. The van der Waals surface area contributed by atoms with Gasteiger partial charge in [0.1, 0.15) is 12.4 Å². The third-order valence-electron chi connectivity index (χ3n) is 2.95. The number of fused-ring (bicyclic) bond motifs is 1. The van der Waals surface area contributed by atoms with Crippen molar-refractivity contribution in [2.45, 2.75) is 6.92 Å². The largest absolute Gasteiger partial charge is 0.492 e. The lowest BCUT2D eigenvalue weighted by Gasteiger charge is -2.05. The molecular formula is C15H16N4O. The normalized spacial score (nSPS) is 10.7. The first-order valence-electron chi connectivity index (χ1n) is 6.57. The van der Waals surface area contributed by atoms with Crippen LogP contribution in [0.25, 0.3) is 5.65 Å². The van der Waals surface area contributed by atoms with Gasteiger partial charge in [0, 0.05) is 5.69 Å². The Hall–Kier alpha value is -2.56. The number of benzene rings is 1. The zero-order valence-corrected chi connectivity index (χ0v) is 11.3. The van der Waals surface area contributed by atoms with Crippen LogP contribution in [0.3, 0.4) is 0 Å². The number of anilines is 1. The number of pyridine rings is 1. The van der Waals surface area contributed by atoms with Crippen LogP contribution >= 0.6 is 0 Å². The number of hydrogen-bond acceptors (Lipinski definition) is 4. The third-order valence-corrected chi connectivity index (χ3v) is 2.95. The first-order chi connectivity index (χ1) is 9.83. The van der Waals surface area contributed by atoms with Crippen molar-refractivity contribution in [2.24, 2.45) is 0 Å². The van der Waals surface area contributed by atoms with Crippen molar-refractivity contribution in [3.8, 4) is 5.75 Å². The lowest BCUT2D eigenvalue weighted by Crippen LogP contribution is -2.12. The molecule has 20 heavy (non-hydrogen) atoms. The lowest BCUT2D eigenvalue weighted by molar-refractivity contribution is 0.332. The predicted molar refractivity (Wildman–Crippen MR) is 78.2 cm³/mol. The molecule has 2 aromatic heterocycles. The molecule has 0 aliphatic rings. The molecule has 102 valence electrons. The summed E-state index contributed by atoms with van der Waals surface area (Å²) in [4.78, 5) is 4.40. The number of aromatic nitrogens is 3. The van der Waals surface area contributed by atoms with Crippen LogP contribution in [0.5, 0.6) is 5.75 Å². The number of ether oxygens (including phenoxy) is 1. The van der Waals surface area contributed by atoms with Gasteiger partial charge in [-0.15, -0.1) is 5.10 Å². The van der Waals surface area contributed by atoms with Gasteiger partial charge in [-0.1, -0.05) is 24.3 Å². The Morgan fingerprint density at radius 1 is 1.10 bits per heavy atom. The molecule has 0 bridgehead atoms. The van der Waals surface area contributed by atoms with Crippen LogP contribution in [-0.4, -0.2) is 27.7 Å². The highest BCUT2D eigenvalue weighted by Gasteiger charge is 2.03. The monoisotopic (exact) mass is 268 g/mol. The molecule has 3 rings (SSSR count). The summed E-state index contributed by atoms with van der Waals surface area (Å²) < 4.78 is 7.42. The van der Waals surface area contributed by atoms with Gasteiger partial charge in [0.2, 0.25) is 5.95 Å². The van der Waals surface area contributed by atoms with Crippen LogP contribution in [0.2, 0.25) is 0 Å². The highest BCUT2D eigenvalue weighted by molar-refractivity contribution is 5.44. The summed E-state index contributed by atoms with van der Waals surface area (Å²) in [5, 5.41) is 7.56. The van der Waals surface area contributed by atoms with E-state index in [2.05, 4.69) is 15.4 Å². The van der Waals surface area contributed by atoms with Gasteiger partial charge in [-0.25, -0.2) is 4.52 Å². The Bertz CT molecular complexity index is 693. The van der Waals surface area contributed by atoms with Crippen molar-refractivity contribution in [3.63, 3.8) is 0 Å². The fourth-order valence-electron chi connectivity index (χ4n) is 1.96. The molecule has 0 spiro atoms. The van der Waals surface area contributed by atoms with Crippen LogP contribution in [-0.2, 0) is 0 Å². The minimum atomic E-state index is 0.568. The van der Waals surface area contributed by atoms with Gasteiger partial charge in [-0.05, 0) is 31.2 Å². The molecule has 3 aromatic rings. The molecule has 1 N–H and O–H groups in total. The quantitative estimate of drug-likeness (QED) is 0.722. The van der Waals surface area contributed by atoms with Gasteiger partial charge < -0.3 is 10.1 Å². The minimum absolute atomic E-state index is 0.568. The van der Waals surface area contributed by atoms with Crippen LogP contribution in [0.4, 0.5) is 5.95 Å². The molecule has 0 amide bonds. The molecule has 1 aromatic carbocycles. The summed E-state index contributed by atoms with van der Waals surface area (Å²) in [5.41, 5.74) is 1.90. The van der Waals surface area contributed by atoms with Crippen molar-refractivity contribution < 1.29 is 4.74 Å². The van der Waals surface area contributed by atoms with Gasteiger partial charge in [0.15, 0.2) is 5.65 Å². The Kier molecular flexibility index (Phi) is 3.50. The third kappa shape index (κ3) is 2.71. The summed E-state index contributed by atoms with van der Waals surface area (Å²) in [7, 11) is 0. The summed E-state index contributed by atoms with van der Waals surface area (Å²) in [6, 6.07) is 15.7. The van der Waals surface area contributed by atoms with Crippen molar-refractivity contribution in [2.75, 3.05) is 18.5 Å². The number of para-hydroxylation sites is 1. The smallest absolute Gasteiger partial charge is 0.243 e. The van der Waals surface area contributed by atoms with Crippen LogP contribution in [0, 0.1) is 6.92 Å². The van der Waals surface area contributed by atoms with Crippen molar-refractivity contribution in [1.82, 2.24) is 14.6 Å². The molecular weight excluding hydrogens is 252 g/mol. The SMILES string of the molecule is Cc1cccc2nc(NCCOc3ccccc3)nn12. The van der Waals surface area contributed by atoms with Gasteiger partial charge in [-0.2, -0.15) is 4.98 Å². The maximum atomic E-state index is 5.60. The van der Waals surface area contributed by atoms with Gasteiger partial charge in [0.05, 0.1) is 6.54 Å². The van der Waals surface area contributed by atoms with Crippen molar-refractivity contribution in [3.05, 3.63) is 54.2 Å². The standard InChI is InChI=1S/C15H16N4O/c1-12-6-5-9-14-17-15(18-19(12)14)16-10-11-20-13-7-3-2-4-8-13/h2-9H,10-11H2,1H3,(H,16,18). The lowest BCUT2D eigenvalue weighted by atomic mass is 10.3. The van der Waals surface area contributed by atoms with Crippen LogP contribution in [0.15, 0.2) is 48.5 Å². The molecule has 5 nitrogen and oxygen atoms in total. The summed E-state index contributed by atoms with van der Waals surface area (Å²) in [6.45, 7) is 3.23. The number of hydrogen-bond donors (Lipinski definition) is 1. The predicted octanol–water partition coefficient (Wildman–Crippen LogP) is 2.53. The molecule has 5 heteroatoms. The summed E-state index contributed by atoms with van der Waals surface area (Å²) in [5.74, 6) is 1.49. The Morgan fingerprint density at radius 3 is 2.75 bits per heavy atom. The van der Waals surface area contributed by atoms with E-state index in [9.17, 15) is 0 Å². The Labute approximate surface area is 117 Å². The molecule has 0 aliphatic carbocycles. The number of rotatable bonds is 5. The number of nitrogens with one attached hydrogen (secondary N) is 1. The number of aryl methyl sites for hydroxylation is 1. The first-order valence-corrected chi connectivity index (χ1v) is 6.57. The maximum absolute atomic E-state index is 5.60. The molecule has 0 aliphatic heterocycles. The molecule has 0 saturated carbocycles. The molecule has 0 saturated heterocycles. The maximum Gasteiger partial charge on any atom is 0.243 e. The first kappa shape index (κ1) is 12.5. The Morgan fingerprint density at radius 2 is 1.95 bits per heavy atom. The van der Waals surface area contributed by atoms with E-state index < -0.39 is 0 Å². The highest BCUT2D eigenvalue weighted by atomic mass is 16.5. The van der Waals surface area contributed by atoms with Gasteiger partial charge in [0.25, 0.3) is 0 Å². The van der Waals surface area contributed by atoms with Crippen molar-refractivity contribution in [1.29, 1.82) is 0 Å². The fourth-order valence-corrected chi connectivity index (χ4v) is 1.96. The second kappa shape index (κ2) is 5.61. The molecule has 0 radical (unpaired) electrons. The van der Waals surface area contributed by atoms with E-state index in [1.54, 1.807) is 0 Å². The second-order valence-electron chi connectivity index (χ2n) is 4.46. The summed E-state index contributed by atoms with van der Waals surface area (Å²) >= 11 is 0. The summed E-state index contributed by atoms with van der Waals surface area (Å²) in [6.07, 6.45) is 0. The average Bonchev–Trinajstić information content (AvgIpc) is 2.89. The zero-order valence-electron chi connectivity index (χ0n) is 11.3. The van der Waals surface area contributed by atoms with E-state index in [0.717, 1.165) is 17.1 Å². The van der Waals surface area contributed by atoms with E-state index in [1.165, 1.54) is 0 Å². The topological polar surface area (TPSA) is 51.5 Å². The van der Waals surface area contributed by atoms with Gasteiger partial charge >= 0.3 is 0 Å². The van der Waals surface area contributed by atoms with E-state index in [-0.39, 0.29) is 0 Å². The Balaban J connectivity index is 1.56. The van der Waals surface area contributed by atoms with Crippen LogP contribution < -0.4 is 10.1 Å². The molecule has 0 fully saturated rings. The zero-order chi connectivity index (χ0) is 13.8. The fraction of sp³-hybridized carbons (Fsp3) is 0.200. The van der Waals surface area contributed by atoms with Crippen molar-refractivity contribution >= 4 is 11.6 Å². The van der Waals surface area contributed by atoms with E-state index >= 15 is 0 Å². The van der Waals surface area contributed by atoms with E-state index in [0.29, 0.717) is 19.1 Å². The molecule has 0 unspecified atom stereocenters. The van der Waals surface area contributed by atoms with Gasteiger partial charge in [-0.3, -0.25) is 0 Å². The molecule has 2 heterocycles. The minimum Gasteiger partial charge on any atom is -0.492 e. The highest BCUT2D eigenvalue weighted by Crippen LogP contribution is 2.09. The van der Waals surface area contributed by atoms with E-state index in [4.69, 9.17) is 4.74 Å². The second-order valence-corrected chi connectivity index (χ2v) is 4.46. The van der Waals surface area contributed by atoms with Crippen LogP contribution in [0.1, 0.15) is 5.69 Å². The number of nitrogens with zero attached hydrogens (tertiary/aromatic N) is 3. The average molecular weight is 268 g/mol.